The van der Waals surface area contributed by atoms with Crippen molar-refractivity contribution in [3.63, 3.8) is 0 Å². The first-order valence-electron chi connectivity index (χ1n) is 5.81. The molecule has 2 aliphatic rings. The van der Waals surface area contributed by atoms with Gasteiger partial charge in [0.2, 0.25) is 0 Å². The molecule has 2 heteroatoms. The van der Waals surface area contributed by atoms with E-state index in [1.165, 1.54) is 38.6 Å². The van der Waals surface area contributed by atoms with E-state index in [0.717, 1.165) is 19.1 Å². The molecule has 1 unspecified atom stereocenters. The van der Waals surface area contributed by atoms with Crippen LogP contribution in [0.25, 0.3) is 0 Å². The van der Waals surface area contributed by atoms with E-state index >= 15 is 0 Å². The van der Waals surface area contributed by atoms with Crippen LogP contribution in [0.2, 0.25) is 0 Å². The fourth-order valence-corrected chi connectivity index (χ4v) is 2.21. The fraction of sp³-hybridized carbons (Fsp3) is 0.833. The molecular weight excluding hydrogens is 172 g/mol. The molecule has 0 aromatic rings. The van der Waals surface area contributed by atoms with Gasteiger partial charge in [-0.1, -0.05) is 12.3 Å². The van der Waals surface area contributed by atoms with Crippen LogP contribution in [-0.2, 0) is 0 Å². The van der Waals surface area contributed by atoms with Crippen molar-refractivity contribution in [3.8, 4) is 12.3 Å². The summed E-state index contributed by atoms with van der Waals surface area (Å²) in [5.41, 5.74) is 0. The number of terminal acetylenes is 1. The van der Waals surface area contributed by atoms with E-state index in [-0.39, 0.29) is 0 Å². The Morgan fingerprint density at radius 3 is 2.86 bits per heavy atom. The van der Waals surface area contributed by atoms with E-state index in [4.69, 9.17) is 6.42 Å². The van der Waals surface area contributed by atoms with Crippen molar-refractivity contribution in [1.82, 2.24) is 10.2 Å². The lowest BCUT2D eigenvalue weighted by Crippen LogP contribution is -2.45. The van der Waals surface area contributed by atoms with E-state index in [9.17, 15) is 0 Å². The monoisotopic (exact) mass is 192 g/mol. The highest BCUT2D eigenvalue weighted by Crippen LogP contribution is 2.21. The Balaban J connectivity index is 1.76. The third kappa shape index (κ3) is 2.73. The van der Waals surface area contributed by atoms with E-state index in [1.807, 2.05) is 0 Å². The maximum absolute atomic E-state index is 5.38. The van der Waals surface area contributed by atoms with Crippen molar-refractivity contribution in [2.24, 2.45) is 0 Å². The Kier molecular flexibility index (Phi) is 3.44. The average molecular weight is 192 g/mol. The van der Waals surface area contributed by atoms with Gasteiger partial charge in [0.15, 0.2) is 0 Å². The SMILES string of the molecule is C#CCN1CCCCC1CNC1CC1. The van der Waals surface area contributed by atoms with Crippen molar-refractivity contribution in [3.05, 3.63) is 0 Å². The molecule has 1 N–H and O–H groups in total. The molecule has 2 fully saturated rings. The molecule has 1 atom stereocenters. The molecule has 78 valence electrons. The first kappa shape index (κ1) is 10.0. The summed E-state index contributed by atoms with van der Waals surface area (Å²) in [5, 5.41) is 3.60. The lowest BCUT2D eigenvalue weighted by molar-refractivity contribution is 0.164. The first-order valence-corrected chi connectivity index (χ1v) is 5.81. The van der Waals surface area contributed by atoms with E-state index in [1.54, 1.807) is 0 Å². The summed E-state index contributed by atoms with van der Waals surface area (Å²) in [5.74, 6) is 2.77. The van der Waals surface area contributed by atoms with Crippen molar-refractivity contribution in [2.75, 3.05) is 19.6 Å². The van der Waals surface area contributed by atoms with Crippen LogP contribution in [0.4, 0.5) is 0 Å². The quantitative estimate of drug-likeness (QED) is 0.674. The van der Waals surface area contributed by atoms with E-state index < -0.39 is 0 Å². The molecule has 0 spiro atoms. The number of likely N-dealkylation sites (tertiary alicyclic amines) is 1. The lowest BCUT2D eigenvalue weighted by atomic mass is 10.0. The number of hydrogen-bond acceptors (Lipinski definition) is 2. The zero-order valence-electron chi connectivity index (χ0n) is 8.84. The molecule has 1 aliphatic heterocycles. The lowest BCUT2D eigenvalue weighted by Gasteiger charge is -2.34. The molecule has 0 aromatic carbocycles. The van der Waals surface area contributed by atoms with Crippen LogP contribution >= 0.6 is 0 Å². The summed E-state index contributed by atoms with van der Waals surface area (Å²) in [4.78, 5) is 2.46. The topological polar surface area (TPSA) is 15.3 Å². The Morgan fingerprint density at radius 2 is 2.14 bits per heavy atom. The summed E-state index contributed by atoms with van der Waals surface area (Å²) in [6.07, 6.45) is 12.1. The van der Waals surface area contributed by atoms with E-state index in [0.29, 0.717) is 6.04 Å². The van der Waals surface area contributed by atoms with Gasteiger partial charge < -0.3 is 5.32 Å². The number of hydrogen-bond donors (Lipinski definition) is 1. The Labute approximate surface area is 87.1 Å². The van der Waals surface area contributed by atoms with Crippen LogP contribution in [0, 0.1) is 12.3 Å². The van der Waals surface area contributed by atoms with Gasteiger partial charge in [0.1, 0.15) is 0 Å². The van der Waals surface area contributed by atoms with Crippen molar-refractivity contribution < 1.29 is 0 Å². The van der Waals surface area contributed by atoms with Crippen LogP contribution < -0.4 is 5.32 Å². The van der Waals surface area contributed by atoms with Crippen molar-refractivity contribution >= 4 is 0 Å². The second-order valence-electron chi connectivity index (χ2n) is 4.51. The maximum Gasteiger partial charge on any atom is 0.0601 e. The predicted octanol–water partition coefficient (Wildman–Crippen LogP) is 1.23. The van der Waals surface area contributed by atoms with Crippen LogP contribution in [0.3, 0.4) is 0 Å². The van der Waals surface area contributed by atoms with Crippen LogP contribution in [0.1, 0.15) is 32.1 Å². The summed E-state index contributed by atoms with van der Waals surface area (Å²) in [7, 11) is 0. The van der Waals surface area contributed by atoms with E-state index in [2.05, 4.69) is 16.1 Å². The third-order valence-corrected chi connectivity index (χ3v) is 3.26. The molecule has 1 heterocycles. The molecule has 2 rings (SSSR count). The van der Waals surface area contributed by atoms with Gasteiger partial charge in [0.05, 0.1) is 6.54 Å². The minimum atomic E-state index is 0.695. The molecule has 0 aromatic heterocycles. The predicted molar refractivity (Wildman–Crippen MR) is 59.1 cm³/mol. The normalized spacial score (nSPS) is 28.6. The summed E-state index contributed by atoms with van der Waals surface area (Å²) in [6, 6.07) is 1.52. The van der Waals surface area contributed by atoms with Gasteiger partial charge in [-0.25, -0.2) is 0 Å². The van der Waals surface area contributed by atoms with Gasteiger partial charge in [0.25, 0.3) is 0 Å². The number of nitrogens with zero attached hydrogens (tertiary/aromatic N) is 1. The summed E-state index contributed by atoms with van der Waals surface area (Å²) >= 11 is 0. The largest absolute Gasteiger partial charge is 0.312 e. The zero-order valence-corrected chi connectivity index (χ0v) is 8.84. The van der Waals surface area contributed by atoms with Gasteiger partial charge in [-0.2, -0.15) is 0 Å². The van der Waals surface area contributed by atoms with Gasteiger partial charge in [-0.15, -0.1) is 6.42 Å². The van der Waals surface area contributed by atoms with Crippen molar-refractivity contribution in [2.45, 2.75) is 44.2 Å². The minimum Gasteiger partial charge on any atom is -0.312 e. The second kappa shape index (κ2) is 4.82. The van der Waals surface area contributed by atoms with Gasteiger partial charge in [-0.05, 0) is 32.2 Å². The molecule has 0 bridgehead atoms. The highest BCUT2D eigenvalue weighted by molar-refractivity contribution is 4.93. The Morgan fingerprint density at radius 1 is 1.29 bits per heavy atom. The molecule has 0 amide bonds. The second-order valence-corrected chi connectivity index (χ2v) is 4.51. The fourth-order valence-electron chi connectivity index (χ4n) is 2.21. The van der Waals surface area contributed by atoms with Crippen molar-refractivity contribution in [1.29, 1.82) is 0 Å². The minimum absolute atomic E-state index is 0.695. The summed E-state index contributed by atoms with van der Waals surface area (Å²) in [6.45, 7) is 3.17. The maximum atomic E-state index is 5.38. The number of rotatable bonds is 4. The molecule has 1 aliphatic carbocycles. The molecule has 1 saturated carbocycles. The van der Waals surface area contributed by atoms with Crippen LogP contribution in [0.15, 0.2) is 0 Å². The average Bonchev–Trinajstić information content (AvgIpc) is 3.01. The number of piperidine rings is 1. The zero-order chi connectivity index (χ0) is 9.80. The third-order valence-electron chi connectivity index (χ3n) is 3.26. The molecular formula is C12H20N2. The Bertz CT molecular complexity index is 215. The molecule has 2 nitrogen and oxygen atoms in total. The van der Waals surface area contributed by atoms with Gasteiger partial charge >= 0.3 is 0 Å². The van der Waals surface area contributed by atoms with Crippen LogP contribution in [-0.4, -0.2) is 36.6 Å². The molecule has 1 saturated heterocycles. The molecule has 14 heavy (non-hydrogen) atoms. The first-order chi connectivity index (χ1) is 6.90. The van der Waals surface area contributed by atoms with Crippen LogP contribution in [0.5, 0.6) is 0 Å². The smallest absolute Gasteiger partial charge is 0.0601 e. The number of nitrogens with one attached hydrogen (secondary N) is 1. The van der Waals surface area contributed by atoms with Gasteiger partial charge in [-0.3, -0.25) is 4.90 Å². The standard InChI is InChI=1S/C12H20N2/c1-2-8-14-9-4-3-5-12(14)10-13-11-6-7-11/h1,11-13H,3-10H2. The highest BCUT2D eigenvalue weighted by atomic mass is 15.2. The summed E-state index contributed by atoms with van der Waals surface area (Å²) < 4.78 is 0. The Hall–Kier alpha value is -0.520. The molecule has 0 radical (unpaired) electrons. The highest BCUT2D eigenvalue weighted by Gasteiger charge is 2.25. The van der Waals surface area contributed by atoms with Gasteiger partial charge in [0, 0.05) is 18.6 Å².